The SMILES string of the molecule is CCCCc1cc(OC(=O)c2ccccc2)c(OC(=O)c2ccccc2)c(C(C)C)c1. The molecule has 31 heavy (non-hydrogen) atoms. The Morgan fingerprint density at radius 2 is 1.35 bits per heavy atom. The molecule has 0 N–H and O–H groups in total. The molecule has 0 saturated carbocycles. The van der Waals surface area contributed by atoms with Crippen LogP contribution < -0.4 is 9.47 Å². The highest BCUT2D eigenvalue weighted by Gasteiger charge is 2.22. The van der Waals surface area contributed by atoms with Gasteiger partial charge in [0, 0.05) is 5.56 Å². The van der Waals surface area contributed by atoms with Crippen LogP contribution in [0.5, 0.6) is 11.5 Å². The average molecular weight is 417 g/mol. The first-order chi connectivity index (χ1) is 15.0. The van der Waals surface area contributed by atoms with E-state index in [0.717, 1.165) is 30.4 Å². The summed E-state index contributed by atoms with van der Waals surface area (Å²) in [4.78, 5) is 25.6. The number of hydrogen-bond donors (Lipinski definition) is 0. The van der Waals surface area contributed by atoms with E-state index in [0.29, 0.717) is 16.9 Å². The zero-order valence-electron chi connectivity index (χ0n) is 18.3. The second-order valence-electron chi connectivity index (χ2n) is 7.78. The van der Waals surface area contributed by atoms with E-state index in [9.17, 15) is 9.59 Å². The number of aryl methyl sites for hydroxylation is 1. The van der Waals surface area contributed by atoms with Crippen molar-refractivity contribution in [1.29, 1.82) is 0 Å². The average Bonchev–Trinajstić information content (AvgIpc) is 2.79. The van der Waals surface area contributed by atoms with Crippen LogP contribution in [-0.4, -0.2) is 11.9 Å². The standard InChI is InChI=1S/C27H28O4/c1-4-5-12-20-17-23(19(2)3)25(31-27(29)22-15-10-7-11-16-22)24(18-20)30-26(28)21-13-8-6-9-14-21/h6-11,13-19H,4-5,12H2,1-3H3. The van der Waals surface area contributed by atoms with Crippen LogP contribution in [0.2, 0.25) is 0 Å². The molecule has 3 aromatic carbocycles. The fraction of sp³-hybridized carbons (Fsp3) is 0.259. The Labute approximate surface area is 183 Å². The van der Waals surface area contributed by atoms with E-state index >= 15 is 0 Å². The lowest BCUT2D eigenvalue weighted by atomic mass is 9.96. The molecular formula is C27H28O4. The molecule has 0 aromatic heterocycles. The number of benzene rings is 3. The molecule has 0 unspecified atom stereocenters. The van der Waals surface area contributed by atoms with Gasteiger partial charge in [-0.25, -0.2) is 9.59 Å². The van der Waals surface area contributed by atoms with Gasteiger partial charge in [0.15, 0.2) is 11.5 Å². The van der Waals surface area contributed by atoms with Gasteiger partial charge >= 0.3 is 11.9 Å². The molecular weight excluding hydrogens is 388 g/mol. The van der Waals surface area contributed by atoms with Gasteiger partial charge in [-0.1, -0.05) is 69.7 Å². The predicted molar refractivity (Wildman–Crippen MR) is 122 cm³/mol. The number of rotatable bonds is 8. The quantitative estimate of drug-likeness (QED) is 0.307. The van der Waals surface area contributed by atoms with Crippen molar-refractivity contribution in [1.82, 2.24) is 0 Å². The van der Waals surface area contributed by atoms with Crippen LogP contribution in [0.15, 0.2) is 72.8 Å². The normalized spacial score (nSPS) is 10.7. The molecule has 0 heterocycles. The Morgan fingerprint density at radius 3 is 1.87 bits per heavy atom. The summed E-state index contributed by atoms with van der Waals surface area (Å²) < 4.78 is 11.6. The fourth-order valence-corrected chi connectivity index (χ4v) is 3.28. The highest BCUT2D eigenvalue weighted by molar-refractivity contribution is 5.93. The molecule has 0 amide bonds. The van der Waals surface area contributed by atoms with E-state index < -0.39 is 11.9 Å². The van der Waals surface area contributed by atoms with Crippen LogP contribution in [-0.2, 0) is 6.42 Å². The largest absolute Gasteiger partial charge is 0.419 e. The molecule has 3 aromatic rings. The third-order valence-electron chi connectivity index (χ3n) is 5.00. The van der Waals surface area contributed by atoms with Crippen molar-refractivity contribution in [3.63, 3.8) is 0 Å². The molecule has 0 fully saturated rings. The molecule has 0 saturated heterocycles. The summed E-state index contributed by atoms with van der Waals surface area (Å²) in [6.07, 6.45) is 2.94. The minimum absolute atomic E-state index is 0.0781. The maximum absolute atomic E-state index is 12.8. The van der Waals surface area contributed by atoms with Crippen molar-refractivity contribution in [2.75, 3.05) is 0 Å². The molecule has 4 nitrogen and oxygen atoms in total. The lowest BCUT2D eigenvalue weighted by molar-refractivity contribution is 0.0680. The molecule has 0 bridgehead atoms. The molecule has 0 atom stereocenters. The molecule has 0 aliphatic rings. The molecule has 0 aliphatic heterocycles. The highest BCUT2D eigenvalue weighted by atomic mass is 16.6. The van der Waals surface area contributed by atoms with Crippen molar-refractivity contribution in [3.8, 4) is 11.5 Å². The second kappa shape index (κ2) is 10.6. The Kier molecular flexibility index (Phi) is 7.60. The Balaban J connectivity index is 2.02. The van der Waals surface area contributed by atoms with Gasteiger partial charge in [0.1, 0.15) is 0 Å². The third-order valence-corrected chi connectivity index (χ3v) is 5.00. The van der Waals surface area contributed by atoms with Gasteiger partial charge in [0.2, 0.25) is 0 Å². The molecule has 4 heteroatoms. The maximum Gasteiger partial charge on any atom is 0.343 e. The number of hydrogen-bond acceptors (Lipinski definition) is 4. The summed E-state index contributed by atoms with van der Waals surface area (Å²) in [5.74, 6) is -0.320. The van der Waals surface area contributed by atoms with Crippen molar-refractivity contribution < 1.29 is 19.1 Å². The van der Waals surface area contributed by atoms with Crippen molar-refractivity contribution >= 4 is 11.9 Å². The molecule has 160 valence electrons. The van der Waals surface area contributed by atoms with Crippen LogP contribution in [0.1, 0.15) is 71.4 Å². The van der Waals surface area contributed by atoms with Crippen LogP contribution >= 0.6 is 0 Å². The number of carbonyl (C=O) groups is 2. The van der Waals surface area contributed by atoms with Gasteiger partial charge in [0.05, 0.1) is 11.1 Å². The van der Waals surface area contributed by atoms with E-state index in [1.165, 1.54) is 0 Å². The number of esters is 2. The number of ether oxygens (including phenoxy) is 2. The zero-order chi connectivity index (χ0) is 22.2. The van der Waals surface area contributed by atoms with Crippen LogP contribution in [0.4, 0.5) is 0 Å². The predicted octanol–water partition coefficient (Wildman–Crippen LogP) is 6.59. The third kappa shape index (κ3) is 5.82. The minimum Gasteiger partial charge on any atom is -0.419 e. The van der Waals surface area contributed by atoms with Crippen molar-refractivity contribution in [3.05, 3.63) is 95.1 Å². The van der Waals surface area contributed by atoms with E-state index in [1.807, 2.05) is 38.1 Å². The first-order valence-corrected chi connectivity index (χ1v) is 10.7. The van der Waals surface area contributed by atoms with Gasteiger partial charge in [-0.05, 0) is 54.7 Å². The van der Waals surface area contributed by atoms with Crippen LogP contribution in [0, 0.1) is 0 Å². The monoisotopic (exact) mass is 416 g/mol. The van der Waals surface area contributed by atoms with Crippen molar-refractivity contribution in [2.45, 2.75) is 46.0 Å². The van der Waals surface area contributed by atoms with Gasteiger partial charge in [0.25, 0.3) is 0 Å². The maximum atomic E-state index is 12.8. The fourth-order valence-electron chi connectivity index (χ4n) is 3.28. The molecule has 0 spiro atoms. The first kappa shape index (κ1) is 22.3. The van der Waals surface area contributed by atoms with Gasteiger partial charge in [-0.2, -0.15) is 0 Å². The van der Waals surface area contributed by atoms with E-state index in [-0.39, 0.29) is 11.7 Å². The second-order valence-corrected chi connectivity index (χ2v) is 7.78. The van der Waals surface area contributed by atoms with Gasteiger partial charge in [-0.15, -0.1) is 0 Å². The lowest BCUT2D eigenvalue weighted by Gasteiger charge is -2.19. The molecule has 3 rings (SSSR count). The van der Waals surface area contributed by atoms with Gasteiger partial charge in [-0.3, -0.25) is 0 Å². The minimum atomic E-state index is -0.486. The molecule has 0 aliphatic carbocycles. The van der Waals surface area contributed by atoms with Crippen LogP contribution in [0.25, 0.3) is 0 Å². The summed E-state index contributed by atoms with van der Waals surface area (Å²) in [6.45, 7) is 6.19. The Hall–Kier alpha value is -3.40. The Bertz CT molecular complexity index is 1020. The summed E-state index contributed by atoms with van der Waals surface area (Å²) in [7, 11) is 0. The van der Waals surface area contributed by atoms with Crippen molar-refractivity contribution in [2.24, 2.45) is 0 Å². The summed E-state index contributed by atoms with van der Waals surface area (Å²) in [5.41, 5.74) is 2.77. The smallest absolute Gasteiger partial charge is 0.343 e. The summed E-state index contributed by atoms with van der Waals surface area (Å²) in [5, 5.41) is 0. The Morgan fingerprint density at radius 1 is 0.806 bits per heavy atom. The van der Waals surface area contributed by atoms with E-state index in [4.69, 9.17) is 9.47 Å². The summed E-state index contributed by atoms with van der Waals surface area (Å²) >= 11 is 0. The van der Waals surface area contributed by atoms with E-state index in [2.05, 4.69) is 6.92 Å². The number of unbranched alkanes of at least 4 members (excludes halogenated alkanes) is 1. The lowest BCUT2D eigenvalue weighted by Crippen LogP contribution is -2.14. The summed E-state index contributed by atoms with van der Waals surface area (Å²) in [6, 6.07) is 21.5. The number of carbonyl (C=O) groups excluding carboxylic acids is 2. The van der Waals surface area contributed by atoms with Crippen LogP contribution in [0.3, 0.4) is 0 Å². The highest BCUT2D eigenvalue weighted by Crippen LogP contribution is 2.38. The first-order valence-electron chi connectivity index (χ1n) is 10.7. The topological polar surface area (TPSA) is 52.6 Å². The van der Waals surface area contributed by atoms with E-state index in [1.54, 1.807) is 48.5 Å². The van der Waals surface area contributed by atoms with Gasteiger partial charge < -0.3 is 9.47 Å². The molecule has 0 radical (unpaired) electrons. The zero-order valence-corrected chi connectivity index (χ0v) is 18.3.